The Labute approximate surface area is 185 Å². The molecule has 0 N–H and O–H groups in total. The largest absolute Gasteiger partial charge is 0.416 e. The number of hydrogen-bond donors (Lipinski definition) is 0. The van der Waals surface area contributed by atoms with Gasteiger partial charge in [-0.25, -0.2) is 0 Å². The van der Waals surface area contributed by atoms with Crippen molar-refractivity contribution in [3.63, 3.8) is 0 Å². The molecule has 8 heteroatoms. The highest BCUT2D eigenvalue weighted by atomic mass is 19.4. The average Bonchev–Trinajstić information content (AvgIpc) is 2.83. The number of halogens is 3. The van der Waals surface area contributed by atoms with Gasteiger partial charge in [0.2, 0.25) is 5.78 Å². The molecule has 0 spiro atoms. The third-order valence-corrected chi connectivity index (χ3v) is 6.28. The van der Waals surface area contributed by atoms with Gasteiger partial charge in [-0.2, -0.15) is 13.2 Å². The molecule has 0 bridgehead atoms. The van der Waals surface area contributed by atoms with Crippen LogP contribution in [0.15, 0.2) is 54.6 Å². The number of piperidine rings is 1. The van der Waals surface area contributed by atoms with Gasteiger partial charge < -0.3 is 9.80 Å². The van der Waals surface area contributed by atoms with Gasteiger partial charge in [-0.3, -0.25) is 14.5 Å². The van der Waals surface area contributed by atoms with Crippen molar-refractivity contribution in [2.45, 2.75) is 25.1 Å². The molecule has 2 heterocycles. The van der Waals surface area contributed by atoms with Crippen LogP contribution in [-0.4, -0.2) is 66.8 Å². The van der Waals surface area contributed by atoms with Crippen molar-refractivity contribution in [3.8, 4) is 0 Å². The topological polar surface area (TPSA) is 43.9 Å². The third kappa shape index (κ3) is 4.96. The van der Waals surface area contributed by atoms with Crippen molar-refractivity contribution in [1.82, 2.24) is 9.80 Å². The Balaban J connectivity index is 1.35. The van der Waals surface area contributed by atoms with Crippen LogP contribution in [0.25, 0.3) is 0 Å². The maximum atomic E-state index is 13.0. The highest BCUT2D eigenvalue weighted by Crippen LogP contribution is 2.32. The normalized spacial score (nSPS) is 20.3. The van der Waals surface area contributed by atoms with Gasteiger partial charge in [0.1, 0.15) is 0 Å². The van der Waals surface area contributed by atoms with Crippen LogP contribution < -0.4 is 4.90 Å². The number of likely N-dealkylation sites (tertiary alicyclic amines) is 1. The maximum absolute atomic E-state index is 13.0. The summed E-state index contributed by atoms with van der Waals surface area (Å²) in [5, 5.41) is 0. The fourth-order valence-corrected chi connectivity index (χ4v) is 4.52. The lowest BCUT2D eigenvalue weighted by molar-refractivity contribution is -0.137. The molecule has 1 amide bonds. The monoisotopic (exact) mass is 445 g/mol. The van der Waals surface area contributed by atoms with E-state index in [9.17, 15) is 22.8 Å². The molecular formula is C24H26F3N3O2. The molecule has 2 aromatic carbocycles. The SMILES string of the molecule is O=C(C(=O)N1CCCC(N2CCN(c3cccc(C(F)(F)F)c3)CC2)C1)c1ccccc1. The Morgan fingerprint density at radius 1 is 0.875 bits per heavy atom. The van der Waals surface area contributed by atoms with E-state index < -0.39 is 23.4 Å². The number of nitrogens with zero attached hydrogens (tertiary/aromatic N) is 3. The molecule has 2 aliphatic rings. The summed E-state index contributed by atoms with van der Waals surface area (Å²) in [7, 11) is 0. The molecule has 2 aromatic rings. The molecule has 32 heavy (non-hydrogen) atoms. The van der Waals surface area contributed by atoms with Gasteiger partial charge in [0.05, 0.1) is 5.56 Å². The standard InChI is InChI=1S/C24H26F3N3O2/c25-24(26,27)19-8-4-9-20(16-19)28-12-14-29(15-13-28)21-10-5-11-30(17-21)23(32)22(31)18-6-2-1-3-7-18/h1-4,6-9,16,21H,5,10-15,17H2. The molecule has 0 aromatic heterocycles. The number of alkyl halides is 3. The summed E-state index contributed by atoms with van der Waals surface area (Å²) in [4.78, 5) is 31.2. The number of hydrogen-bond acceptors (Lipinski definition) is 4. The van der Waals surface area contributed by atoms with Crippen LogP contribution in [0, 0.1) is 0 Å². The second kappa shape index (κ2) is 9.32. The zero-order valence-electron chi connectivity index (χ0n) is 17.7. The first-order valence-electron chi connectivity index (χ1n) is 10.9. The third-order valence-electron chi connectivity index (χ3n) is 6.28. The summed E-state index contributed by atoms with van der Waals surface area (Å²) < 4.78 is 39.1. The van der Waals surface area contributed by atoms with Crippen LogP contribution in [0.5, 0.6) is 0 Å². The van der Waals surface area contributed by atoms with Gasteiger partial charge in [0, 0.05) is 56.6 Å². The van der Waals surface area contributed by atoms with E-state index in [4.69, 9.17) is 0 Å². The van der Waals surface area contributed by atoms with Gasteiger partial charge in [-0.15, -0.1) is 0 Å². The number of amides is 1. The Morgan fingerprint density at radius 2 is 1.59 bits per heavy atom. The number of anilines is 1. The number of benzene rings is 2. The molecule has 5 nitrogen and oxygen atoms in total. The molecule has 1 unspecified atom stereocenters. The summed E-state index contributed by atoms with van der Waals surface area (Å²) in [6.07, 6.45) is -2.59. The molecule has 2 fully saturated rings. The summed E-state index contributed by atoms with van der Waals surface area (Å²) in [5.74, 6) is -0.955. The minimum absolute atomic E-state index is 0.153. The summed E-state index contributed by atoms with van der Waals surface area (Å²) >= 11 is 0. The van der Waals surface area contributed by atoms with Gasteiger partial charge in [0.25, 0.3) is 5.91 Å². The van der Waals surface area contributed by atoms with E-state index in [2.05, 4.69) is 4.90 Å². The number of carbonyl (C=O) groups is 2. The number of rotatable bonds is 4. The lowest BCUT2D eigenvalue weighted by atomic mass is 10.0. The lowest BCUT2D eigenvalue weighted by Gasteiger charge is -2.43. The van der Waals surface area contributed by atoms with Crippen molar-refractivity contribution in [2.24, 2.45) is 0 Å². The molecule has 0 radical (unpaired) electrons. The molecular weight excluding hydrogens is 419 g/mol. The Hall–Kier alpha value is -2.87. The Morgan fingerprint density at radius 3 is 2.28 bits per heavy atom. The van der Waals surface area contributed by atoms with E-state index in [1.165, 1.54) is 12.1 Å². The first-order chi connectivity index (χ1) is 15.3. The predicted molar refractivity (Wildman–Crippen MR) is 116 cm³/mol. The van der Waals surface area contributed by atoms with Crippen molar-refractivity contribution < 1.29 is 22.8 Å². The zero-order chi connectivity index (χ0) is 22.7. The minimum atomic E-state index is -4.35. The van der Waals surface area contributed by atoms with Crippen LogP contribution in [0.1, 0.15) is 28.8 Å². The molecule has 4 rings (SSSR count). The van der Waals surface area contributed by atoms with Crippen LogP contribution in [0.2, 0.25) is 0 Å². The van der Waals surface area contributed by atoms with Gasteiger partial charge in [-0.1, -0.05) is 36.4 Å². The second-order valence-corrected chi connectivity index (χ2v) is 8.31. The first-order valence-corrected chi connectivity index (χ1v) is 10.9. The zero-order valence-corrected chi connectivity index (χ0v) is 17.7. The van der Waals surface area contributed by atoms with Crippen LogP contribution >= 0.6 is 0 Å². The smallest absolute Gasteiger partial charge is 0.369 e. The Kier molecular flexibility index (Phi) is 6.50. The van der Waals surface area contributed by atoms with E-state index in [1.54, 1.807) is 41.3 Å². The van der Waals surface area contributed by atoms with E-state index >= 15 is 0 Å². The number of ketones is 1. The van der Waals surface area contributed by atoms with Crippen molar-refractivity contribution >= 4 is 17.4 Å². The number of carbonyl (C=O) groups excluding carboxylic acids is 2. The van der Waals surface area contributed by atoms with Crippen molar-refractivity contribution in [3.05, 3.63) is 65.7 Å². The van der Waals surface area contributed by atoms with Crippen molar-refractivity contribution in [2.75, 3.05) is 44.2 Å². The predicted octanol–water partition coefficient (Wildman–Crippen LogP) is 3.70. The van der Waals surface area contributed by atoms with Crippen LogP contribution in [-0.2, 0) is 11.0 Å². The molecule has 2 saturated heterocycles. The lowest BCUT2D eigenvalue weighted by Crippen LogP contribution is -2.56. The molecule has 2 aliphatic heterocycles. The molecule has 170 valence electrons. The summed E-state index contributed by atoms with van der Waals surface area (Å²) in [6.45, 7) is 3.72. The van der Waals surface area contributed by atoms with E-state index in [-0.39, 0.29) is 6.04 Å². The fraction of sp³-hybridized carbons (Fsp3) is 0.417. The number of Topliss-reactive ketones (excluding diaryl/α,β-unsaturated/α-hetero) is 1. The quantitative estimate of drug-likeness (QED) is 0.532. The van der Waals surface area contributed by atoms with Gasteiger partial charge in [-0.05, 0) is 31.0 Å². The van der Waals surface area contributed by atoms with Gasteiger partial charge >= 0.3 is 6.18 Å². The van der Waals surface area contributed by atoms with Crippen molar-refractivity contribution in [1.29, 1.82) is 0 Å². The maximum Gasteiger partial charge on any atom is 0.416 e. The first kappa shape index (κ1) is 22.3. The minimum Gasteiger partial charge on any atom is -0.369 e. The van der Waals surface area contributed by atoms with Gasteiger partial charge in [0.15, 0.2) is 0 Å². The highest BCUT2D eigenvalue weighted by molar-refractivity contribution is 6.42. The average molecular weight is 445 g/mol. The number of piperazine rings is 1. The molecule has 1 atom stereocenters. The van der Waals surface area contributed by atoms with E-state index in [0.29, 0.717) is 50.5 Å². The van der Waals surface area contributed by atoms with Crippen LogP contribution in [0.3, 0.4) is 0 Å². The summed E-state index contributed by atoms with van der Waals surface area (Å²) in [6, 6.07) is 14.2. The highest BCUT2D eigenvalue weighted by Gasteiger charge is 2.34. The van der Waals surface area contributed by atoms with E-state index in [0.717, 1.165) is 18.9 Å². The Bertz CT molecular complexity index is 956. The molecule has 0 saturated carbocycles. The van der Waals surface area contributed by atoms with E-state index in [1.807, 2.05) is 4.90 Å². The van der Waals surface area contributed by atoms with Crippen LogP contribution in [0.4, 0.5) is 18.9 Å². The second-order valence-electron chi connectivity index (χ2n) is 8.31. The molecule has 0 aliphatic carbocycles. The fourth-order valence-electron chi connectivity index (χ4n) is 4.52. The summed E-state index contributed by atoms with van der Waals surface area (Å²) in [5.41, 5.74) is 0.338.